The smallest absolute Gasteiger partial charge is 0.409 e. The van der Waals surface area contributed by atoms with Crippen molar-refractivity contribution in [3.63, 3.8) is 0 Å². The molecular formula is C35H43N6O6P. The van der Waals surface area contributed by atoms with Crippen LogP contribution in [0.5, 0.6) is 17.2 Å². The molecule has 3 fully saturated rings. The number of carbonyl (C=O) groups is 3. The van der Waals surface area contributed by atoms with Gasteiger partial charge in [0, 0.05) is 109 Å². The third-order valence-electron chi connectivity index (χ3n) is 9.06. The Morgan fingerprint density at radius 3 is 1.06 bits per heavy atom. The fraction of sp³-hybridized carbons (Fsp3) is 0.400. The summed E-state index contributed by atoms with van der Waals surface area (Å²) >= 11 is 0. The summed E-state index contributed by atoms with van der Waals surface area (Å²) in [5.74, 6) is 2.09. The normalized spacial score (nSPS) is 17.0. The van der Waals surface area contributed by atoms with Crippen LogP contribution in [0.3, 0.4) is 0 Å². The van der Waals surface area contributed by atoms with Gasteiger partial charge in [0.2, 0.25) is 18.2 Å². The maximum atomic E-state index is 11.7. The Bertz CT molecular complexity index is 1440. The molecule has 0 N–H and O–H groups in total. The first kappa shape index (κ1) is 33.2. The zero-order valence-corrected chi connectivity index (χ0v) is 28.5. The Labute approximate surface area is 283 Å². The van der Waals surface area contributed by atoms with Crippen LogP contribution in [0.1, 0.15) is 13.8 Å². The van der Waals surface area contributed by atoms with Gasteiger partial charge in [0.1, 0.15) is 17.2 Å². The lowest BCUT2D eigenvalue weighted by molar-refractivity contribution is -0.129. The van der Waals surface area contributed by atoms with Gasteiger partial charge in [0.15, 0.2) is 0 Å². The van der Waals surface area contributed by atoms with Gasteiger partial charge < -0.3 is 43.0 Å². The first-order valence-corrected chi connectivity index (χ1v) is 17.5. The highest BCUT2D eigenvalue weighted by molar-refractivity contribution is 7.43. The molecule has 12 nitrogen and oxygen atoms in total. The van der Waals surface area contributed by atoms with E-state index in [4.69, 9.17) is 13.6 Å². The number of rotatable bonds is 10. The van der Waals surface area contributed by atoms with Crippen molar-refractivity contribution in [1.82, 2.24) is 14.7 Å². The van der Waals surface area contributed by atoms with E-state index in [1.54, 1.807) is 18.7 Å². The predicted octanol–water partition coefficient (Wildman–Crippen LogP) is 4.07. The number of piperazine rings is 3. The third-order valence-corrected chi connectivity index (χ3v) is 10.1. The van der Waals surface area contributed by atoms with E-state index in [0.29, 0.717) is 56.5 Å². The second kappa shape index (κ2) is 15.5. The molecule has 13 heteroatoms. The molecule has 6 rings (SSSR count). The molecule has 0 spiro atoms. The number of hydrogen-bond acceptors (Lipinski definition) is 9. The molecule has 3 aromatic carbocycles. The predicted molar refractivity (Wildman–Crippen MR) is 187 cm³/mol. The standard InChI is InChI=1S/C35H43N6O6P/c1-28(43)37-19-23-40(24-20-37)31-5-11-34(12-6-31)46-48(45-33-9-3-30(4-10-33)39-17-15-36(27-42)16-18-39)47-35-13-7-32(8-14-35)41-25-21-38(22-26-41)29(2)44/h3-14,27H,15-26H2,1-2H3. The van der Waals surface area contributed by atoms with Crippen LogP contribution in [0.25, 0.3) is 0 Å². The molecule has 0 saturated carbocycles. The number of nitrogens with zero attached hydrogens (tertiary/aromatic N) is 6. The number of benzene rings is 3. The van der Waals surface area contributed by atoms with Gasteiger partial charge in [-0.3, -0.25) is 14.4 Å². The minimum atomic E-state index is -1.87. The summed E-state index contributed by atoms with van der Waals surface area (Å²) in [6.07, 6.45) is 0.908. The lowest BCUT2D eigenvalue weighted by Crippen LogP contribution is -2.48. The zero-order valence-electron chi connectivity index (χ0n) is 27.6. The van der Waals surface area contributed by atoms with Crippen LogP contribution in [0.15, 0.2) is 72.8 Å². The van der Waals surface area contributed by atoms with Crippen molar-refractivity contribution in [2.24, 2.45) is 0 Å². The first-order valence-electron chi connectivity index (χ1n) is 16.4. The second-order valence-electron chi connectivity index (χ2n) is 12.1. The van der Waals surface area contributed by atoms with Crippen molar-refractivity contribution in [2.75, 3.05) is 93.2 Å². The van der Waals surface area contributed by atoms with E-state index in [0.717, 1.165) is 62.7 Å². The number of hydrogen-bond donors (Lipinski definition) is 0. The van der Waals surface area contributed by atoms with Gasteiger partial charge in [-0.1, -0.05) is 0 Å². The summed E-state index contributed by atoms with van der Waals surface area (Å²) < 4.78 is 18.9. The topological polar surface area (TPSA) is 98.3 Å². The van der Waals surface area contributed by atoms with E-state index >= 15 is 0 Å². The van der Waals surface area contributed by atoms with Crippen molar-refractivity contribution in [1.29, 1.82) is 0 Å². The van der Waals surface area contributed by atoms with Crippen molar-refractivity contribution < 1.29 is 28.0 Å². The number of anilines is 3. The fourth-order valence-corrected chi connectivity index (χ4v) is 7.11. The maximum absolute atomic E-state index is 11.7. The highest BCUT2D eigenvalue weighted by atomic mass is 31.2. The largest absolute Gasteiger partial charge is 0.530 e. The Hall–Kier alpha value is -4.70. The molecule has 3 aliphatic rings. The lowest BCUT2D eigenvalue weighted by atomic mass is 10.2. The maximum Gasteiger partial charge on any atom is 0.530 e. The zero-order chi connectivity index (χ0) is 33.5. The van der Waals surface area contributed by atoms with E-state index in [1.807, 2.05) is 82.6 Å². The highest BCUT2D eigenvalue weighted by Gasteiger charge is 2.24. The summed E-state index contributed by atoms with van der Waals surface area (Å²) in [6, 6.07) is 23.6. The van der Waals surface area contributed by atoms with E-state index in [2.05, 4.69) is 14.7 Å². The van der Waals surface area contributed by atoms with E-state index in [1.165, 1.54) is 0 Å². The van der Waals surface area contributed by atoms with Crippen LogP contribution in [0.4, 0.5) is 17.1 Å². The second-order valence-corrected chi connectivity index (χ2v) is 13.1. The molecule has 0 radical (unpaired) electrons. The van der Waals surface area contributed by atoms with Crippen LogP contribution in [-0.4, -0.2) is 111 Å². The molecule has 48 heavy (non-hydrogen) atoms. The van der Waals surface area contributed by atoms with Gasteiger partial charge in [-0.05, 0) is 72.8 Å². The summed E-state index contributed by atoms with van der Waals surface area (Å²) in [7, 11) is -1.87. The highest BCUT2D eigenvalue weighted by Crippen LogP contribution is 2.43. The van der Waals surface area contributed by atoms with Gasteiger partial charge in [-0.25, -0.2) is 0 Å². The van der Waals surface area contributed by atoms with Crippen molar-refractivity contribution in [3.05, 3.63) is 72.8 Å². The van der Waals surface area contributed by atoms with Gasteiger partial charge in [-0.15, -0.1) is 0 Å². The SMILES string of the molecule is CC(=O)N1CCN(c2ccc(OP(Oc3ccc(N4CCN(C=O)CC4)cc3)Oc3ccc(N4CCN(C(C)=O)CC4)cc3)cc2)CC1. The number of carbonyl (C=O) groups excluding carboxylic acids is 3. The Morgan fingerprint density at radius 1 is 0.500 bits per heavy atom. The fourth-order valence-electron chi connectivity index (χ4n) is 6.11. The summed E-state index contributed by atoms with van der Waals surface area (Å²) in [6.45, 7) is 12.2. The van der Waals surface area contributed by atoms with Crippen LogP contribution in [0.2, 0.25) is 0 Å². The van der Waals surface area contributed by atoms with Crippen LogP contribution < -0.4 is 28.3 Å². The Morgan fingerprint density at radius 2 is 0.792 bits per heavy atom. The molecule has 3 aromatic rings. The molecular weight excluding hydrogens is 631 g/mol. The van der Waals surface area contributed by atoms with E-state index in [9.17, 15) is 14.4 Å². The van der Waals surface area contributed by atoms with Gasteiger partial charge in [0.25, 0.3) is 0 Å². The quantitative estimate of drug-likeness (QED) is 0.233. The molecule has 0 atom stereocenters. The minimum absolute atomic E-state index is 0.112. The van der Waals surface area contributed by atoms with Crippen LogP contribution >= 0.6 is 8.60 Å². The summed E-state index contributed by atoms with van der Waals surface area (Å²) in [5, 5.41) is 0. The molecule has 3 saturated heterocycles. The van der Waals surface area contributed by atoms with Crippen molar-refractivity contribution >= 4 is 43.9 Å². The van der Waals surface area contributed by atoms with E-state index < -0.39 is 8.60 Å². The summed E-state index contributed by atoms with van der Waals surface area (Å²) in [5.41, 5.74) is 3.21. The van der Waals surface area contributed by atoms with Gasteiger partial charge >= 0.3 is 8.60 Å². The first-order chi connectivity index (χ1) is 23.3. The molecule has 0 aromatic heterocycles. The molecule has 254 valence electrons. The molecule has 3 aliphatic heterocycles. The summed E-state index contributed by atoms with van der Waals surface area (Å²) in [4.78, 5) is 46.9. The molecule has 0 unspecified atom stereocenters. The molecule has 0 bridgehead atoms. The van der Waals surface area contributed by atoms with E-state index in [-0.39, 0.29) is 11.8 Å². The molecule has 3 heterocycles. The lowest BCUT2D eigenvalue weighted by Gasteiger charge is -2.35. The monoisotopic (exact) mass is 674 g/mol. The molecule has 0 aliphatic carbocycles. The average molecular weight is 675 g/mol. The Balaban J connectivity index is 1.12. The third kappa shape index (κ3) is 8.41. The molecule has 3 amide bonds. The van der Waals surface area contributed by atoms with Gasteiger partial charge in [0.05, 0.1) is 0 Å². The van der Waals surface area contributed by atoms with Crippen LogP contribution in [-0.2, 0) is 14.4 Å². The number of amides is 3. The van der Waals surface area contributed by atoms with Crippen molar-refractivity contribution in [2.45, 2.75) is 13.8 Å². The average Bonchev–Trinajstić information content (AvgIpc) is 3.13. The Kier molecular flexibility index (Phi) is 10.7. The van der Waals surface area contributed by atoms with Crippen LogP contribution in [0, 0.1) is 0 Å². The van der Waals surface area contributed by atoms with Gasteiger partial charge in [-0.2, -0.15) is 0 Å². The van der Waals surface area contributed by atoms with Crippen molar-refractivity contribution in [3.8, 4) is 17.2 Å². The minimum Gasteiger partial charge on any atom is -0.409 e.